The smallest absolute Gasteiger partial charge is 0.164 e. The Balaban J connectivity index is 3.38. The van der Waals surface area contributed by atoms with Crippen molar-refractivity contribution >= 4 is 33.3 Å². The average molecular weight is 251 g/mol. The normalized spacial score (nSPS) is 10.0. The molecular formula is C8H5BrClFO. The third-order valence-corrected chi connectivity index (χ3v) is 2.11. The highest BCUT2D eigenvalue weighted by Gasteiger charge is 2.12. The van der Waals surface area contributed by atoms with Crippen molar-refractivity contribution in [2.45, 2.75) is 6.92 Å². The molecule has 0 aliphatic rings. The number of halogens is 3. The van der Waals surface area contributed by atoms with Crippen LogP contribution in [0.1, 0.15) is 17.3 Å². The Morgan fingerprint density at radius 2 is 2.17 bits per heavy atom. The van der Waals surface area contributed by atoms with Crippen LogP contribution in [-0.4, -0.2) is 5.78 Å². The van der Waals surface area contributed by atoms with Crippen LogP contribution in [0.5, 0.6) is 0 Å². The van der Waals surface area contributed by atoms with Crippen LogP contribution in [0.2, 0.25) is 5.02 Å². The monoisotopic (exact) mass is 250 g/mol. The van der Waals surface area contributed by atoms with Crippen molar-refractivity contribution in [3.05, 3.63) is 33.0 Å². The Bertz CT molecular complexity index is 315. The van der Waals surface area contributed by atoms with Gasteiger partial charge in [0.05, 0.1) is 10.6 Å². The van der Waals surface area contributed by atoms with Gasteiger partial charge in [0, 0.05) is 4.47 Å². The van der Waals surface area contributed by atoms with Crippen molar-refractivity contribution in [3.8, 4) is 0 Å². The van der Waals surface area contributed by atoms with E-state index in [0.717, 1.165) is 0 Å². The zero-order valence-electron chi connectivity index (χ0n) is 6.20. The highest BCUT2D eigenvalue weighted by atomic mass is 79.9. The second-order valence-electron chi connectivity index (χ2n) is 2.30. The first-order chi connectivity index (χ1) is 5.52. The molecule has 1 nitrogen and oxygen atoms in total. The number of carbonyl (C=O) groups excluding carboxylic acids is 1. The lowest BCUT2D eigenvalue weighted by Crippen LogP contribution is -1.98. The van der Waals surface area contributed by atoms with Gasteiger partial charge < -0.3 is 0 Å². The lowest BCUT2D eigenvalue weighted by molar-refractivity contribution is 0.101. The number of rotatable bonds is 1. The van der Waals surface area contributed by atoms with E-state index in [1.165, 1.54) is 19.1 Å². The highest BCUT2D eigenvalue weighted by molar-refractivity contribution is 9.10. The molecule has 0 aliphatic carbocycles. The third kappa shape index (κ3) is 1.84. The van der Waals surface area contributed by atoms with Crippen molar-refractivity contribution in [3.63, 3.8) is 0 Å². The van der Waals surface area contributed by atoms with E-state index in [9.17, 15) is 9.18 Å². The summed E-state index contributed by atoms with van der Waals surface area (Å²) >= 11 is 8.70. The Kier molecular flexibility index (Phi) is 2.85. The standard InChI is InChI=1S/C8H5BrClFO/c1-4(12)8-6(10)2-5(9)3-7(8)11/h2-3H,1H3. The number of hydrogen-bond acceptors (Lipinski definition) is 1. The zero-order valence-corrected chi connectivity index (χ0v) is 8.54. The van der Waals surface area contributed by atoms with Gasteiger partial charge in [-0.2, -0.15) is 0 Å². The summed E-state index contributed by atoms with van der Waals surface area (Å²) in [5, 5.41) is 0.134. The van der Waals surface area contributed by atoms with E-state index in [0.29, 0.717) is 4.47 Å². The fourth-order valence-corrected chi connectivity index (χ4v) is 1.78. The maximum Gasteiger partial charge on any atom is 0.164 e. The van der Waals surface area contributed by atoms with Gasteiger partial charge in [0.1, 0.15) is 5.82 Å². The van der Waals surface area contributed by atoms with Crippen LogP contribution in [0, 0.1) is 5.82 Å². The number of benzene rings is 1. The molecule has 0 fully saturated rings. The number of ketones is 1. The lowest BCUT2D eigenvalue weighted by atomic mass is 10.1. The van der Waals surface area contributed by atoms with Crippen LogP contribution in [0.15, 0.2) is 16.6 Å². The molecule has 0 saturated carbocycles. The van der Waals surface area contributed by atoms with Crippen LogP contribution in [0.4, 0.5) is 4.39 Å². The summed E-state index contributed by atoms with van der Waals surface area (Å²) in [6, 6.07) is 2.70. The summed E-state index contributed by atoms with van der Waals surface area (Å²) in [4.78, 5) is 10.9. The zero-order chi connectivity index (χ0) is 9.30. The maximum absolute atomic E-state index is 13.0. The molecule has 0 unspecified atom stereocenters. The molecule has 1 aromatic carbocycles. The summed E-state index contributed by atoms with van der Waals surface area (Å²) in [6.07, 6.45) is 0. The molecule has 0 saturated heterocycles. The molecule has 1 rings (SSSR count). The van der Waals surface area contributed by atoms with Gasteiger partial charge in [0.2, 0.25) is 0 Å². The fraction of sp³-hybridized carbons (Fsp3) is 0.125. The molecule has 0 radical (unpaired) electrons. The predicted molar refractivity (Wildman–Crippen MR) is 49.1 cm³/mol. The average Bonchev–Trinajstić information content (AvgIpc) is 1.82. The van der Waals surface area contributed by atoms with Gasteiger partial charge in [-0.15, -0.1) is 0 Å². The molecule has 0 heterocycles. The third-order valence-electron chi connectivity index (χ3n) is 1.36. The first kappa shape index (κ1) is 9.68. The van der Waals surface area contributed by atoms with Crippen LogP contribution in [0.3, 0.4) is 0 Å². The van der Waals surface area contributed by atoms with E-state index in [4.69, 9.17) is 11.6 Å². The van der Waals surface area contributed by atoms with Crippen LogP contribution in [-0.2, 0) is 0 Å². The number of carbonyl (C=O) groups is 1. The van der Waals surface area contributed by atoms with E-state index in [1.807, 2.05) is 0 Å². The van der Waals surface area contributed by atoms with Gasteiger partial charge >= 0.3 is 0 Å². The predicted octanol–water partition coefficient (Wildman–Crippen LogP) is 3.44. The van der Waals surface area contributed by atoms with Gasteiger partial charge in [0.25, 0.3) is 0 Å². The van der Waals surface area contributed by atoms with Crippen LogP contribution < -0.4 is 0 Å². The maximum atomic E-state index is 13.0. The molecule has 0 N–H and O–H groups in total. The fourth-order valence-electron chi connectivity index (χ4n) is 0.879. The van der Waals surface area contributed by atoms with Gasteiger partial charge in [-0.25, -0.2) is 4.39 Å². The lowest BCUT2D eigenvalue weighted by Gasteiger charge is -2.01. The van der Waals surface area contributed by atoms with Crippen molar-refractivity contribution in [2.24, 2.45) is 0 Å². The molecule has 1 aromatic rings. The first-order valence-corrected chi connectivity index (χ1v) is 4.35. The molecule has 12 heavy (non-hydrogen) atoms. The molecule has 64 valence electrons. The molecular weight excluding hydrogens is 246 g/mol. The van der Waals surface area contributed by atoms with E-state index in [1.54, 1.807) is 0 Å². The van der Waals surface area contributed by atoms with Gasteiger partial charge in [-0.1, -0.05) is 27.5 Å². The topological polar surface area (TPSA) is 17.1 Å². The van der Waals surface area contributed by atoms with Gasteiger partial charge in [-0.05, 0) is 19.1 Å². The van der Waals surface area contributed by atoms with Crippen molar-refractivity contribution in [2.75, 3.05) is 0 Å². The minimum absolute atomic E-state index is 0.0557. The van der Waals surface area contributed by atoms with E-state index < -0.39 is 5.82 Å². The second kappa shape index (κ2) is 3.54. The van der Waals surface area contributed by atoms with Crippen molar-refractivity contribution in [1.82, 2.24) is 0 Å². The molecule has 4 heteroatoms. The summed E-state index contributed by atoms with van der Waals surface area (Å²) in [5.41, 5.74) is -0.0557. The second-order valence-corrected chi connectivity index (χ2v) is 3.62. The Labute approximate surface area is 82.7 Å². The summed E-state index contributed by atoms with van der Waals surface area (Å²) in [5.74, 6) is -0.966. The molecule has 0 bridgehead atoms. The Morgan fingerprint density at radius 1 is 1.58 bits per heavy atom. The van der Waals surface area contributed by atoms with E-state index >= 15 is 0 Å². The molecule has 0 aliphatic heterocycles. The summed E-state index contributed by atoms with van der Waals surface area (Å²) in [6.45, 7) is 1.28. The number of Topliss-reactive ketones (excluding diaryl/α,β-unsaturated/α-hetero) is 1. The minimum Gasteiger partial charge on any atom is -0.294 e. The van der Waals surface area contributed by atoms with Crippen LogP contribution >= 0.6 is 27.5 Å². The molecule has 0 atom stereocenters. The van der Waals surface area contributed by atoms with Crippen molar-refractivity contribution < 1.29 is 9.18 Å². The molecule has 0 spiro atoms. The minimum atomic E-state index is -0.595. The van der Waals surface area contributed by atoms with E-state index in [2.05, 4.69) is 15.9 Å². The summed E-state index contributed by atoms with van der Waals surface area (Å²) in [7, 11) is 0. The number of hydrogen-bond donors (Lipinski definition) is 0. The van der Waals surface area contributed by atoms with Gasteiger partial charge in [-0.3, -0.25) is 4.79 Å². The van der Waals surface area contributed by atoms with E-state index in [-0.39, 0.29) is 16.4 Å². The largest absolute Gasteiger partial charge is 0.294 e. The molecule has 0 amide bonds. The van der Waals surface area contributed by atoms with Gasteiger partial charge in [0.15, 0.2) is 5.78 Å². The quantitative estimate of drug-likeness (QED) is 0.699. The SMILES string of the molecule is CC(=O)c1c(F)cc(Br)cc1Cl. The Morgan fingerprint density at radius 3 is 2.58 bits per heavy atom. The summed E-state index contributed by atoms with van der Waals surface area (Å²) < 4.78 is 13.5. The first-order valence-electron chi connectivity index (χ1n) is 3.18. The van der Waals surface area contributed by atoms with Crippen molar-refractivity contribution in [1.29, 1.82) is 0 Å². The van der Waals surface area contributed by atoms with Crippen LogP contribution in [0.25, 0.3) is 0 Å². The molecule has 0 aromatic heterocycles. The highest BCUT2D eigenvalue weighted by Crippen LogP contribution is 2.24. The Hall–Kier alpha value is -0.410.